The summed E-state index contributed by atoms with van der Waals surface area (Å²) in [5.41, 5.74) is 0.931. The van der Waals surface area contributed by atoms with Crippen LogP contribution in [0, 0.1) is 0 Å². The Kier molecular flexibility index (Phi) is 7.39. The number of benzene rings is 1. The quantitative estimate of drug-likeness (QED) is 0.683. The summed E-state index contributed by atoms with van der Waals surface area (Å²) < 4.78 is 0. The van der Waals surface area contributed by atoms with Gasteiger partial charge in [0.2, 0.25) is 11.8 Å². The van der Waals surface area contributed by atoms with Crippen LogP contribution >= 0.6 is 11.6 Å². The lowest BCUT2D eigenvalue weighted by atomic mass is 10.2. The van der Waals surface area contributed by atoms with E-state index in [0.29, 0.717) is 22.8 Å². The van der Waals surface area contributed by atoms with E-state index in [0.717, 1.165) is 6.42 Å². The average molecular weight is 327 g/mol. The van der Waals surface area contributed by atoms with Gasteiger partial charge in [-0.05, 0) is 31.0 Å². The van der Waals surface area contributed by atoms with E-state index < -0.39 is 5.97 Å². The van der Waals surface area contributed by atoms with Crippen LogP contribution in [0.15, 0.2) is 18.2 Å². The van der Waals surface area contributed by atoms with E-state index >= 15 is 0 Å². The van der Waals surface area contributed by atoms with Crippen LogP contribution < -0.4 is 10.6 Å². The van der Waals surface area contributed by atoms with Crippen LogP contribution in [0.1, 0.15) is 39.0 Å². The summed E-state index contributed by atoms with van der Waals surface area (Å²) in [6.45, 7) is 1.91. The van der Waals surface area contributed by atoms with Crippen molar-refractivity contribution in [2.45, 2.75) is 39.0 Å². The molecule has 0 saturated heterocycles. The molecular weight excluding hydrogens is 308 g/mol. The Morgan fingerprint density at radius 1 is 1.09 bits per heavy atom. The number of rotatable bonds is 8. The van der Waals surface area contributed by atoms with E-state index in [1.54, 1.807) is 18.2 Å². The van der Waals surface area contributed by atoms with Crippen LogP contribution in [0.4, 0.5) is 11.4 Å². The first-order chi connectivity index (χ1) is 10.4. The molecule has 1 rings (SSSR count). The fourth-order valence-electron chi connectivity index (χ4n) is 1.76. The minimum absolute atomic E-state index is 0.0612. The number of amides is 2. The number of carbonyl (C=O) groups is 3. The molecule has 0 radical (unpaired) electrons. The van der Waals surface area contributed by atoms with Crippen molar-refractivity contribution in [1.29, 1.82) is 0 Å². The molecule has 0 atom stereocenters. The van der Waals surface area contributed by atoms with E-state index in [1.807, 2.05) is 6.92 Å². The van der Waals surface area contributed by atoms with Crippen LogP contribution in [-0.4, -0.2) is 22.9 Å². The molecule has 0 bridgehead atoms. The van der Waals surface area contributed by atoms with Gasteiger partial charge in [0.05, 0.1) is 10.7 Å². The third-order valence-corrected chi connectivity index (χ3v) is 3.13. The Bertz CT molecular complexity index is 560. The van der Waals surface area contributed by atoms with Crippen molar-refractivity contribution < 1.29 is 19.5 Å². The van der Waals surface area contributed by atoms with Crippen molar-refractivity contribution in [2.75, 3.05) is 10.6 Å². The SMILES string of the molecule is CCCC(=O)Nc1ccc(Cl)c(NC(=O)CCCC(=O)O)c1. The molecule has 0 heterocycles. The van der Waals surface area contributed by atoms with Crippen molar-refractivity contribution in [3.05, 3.63) is 23.2 Å². The highest BCUT2D eigenvalue weighted by atomic mass is 35.5. The third kappa shape index (κ3) is 6.58. The summed E-state index contributed by atoms with van der Waals surface area (Å²) in [6, 6.07) is 4.80. The van der Waals surface area contributed by atoms with E-state index in [4.69, 9.17) is 16.7 Å². The van der Waals surface area contributed by atoms with Crippen molar-refractivity contribution in [3.8, 4) is 0 Å². The third-order valence-electron chi connectivity index (χ3n) is 2.80. The zero-order valence-corrected chi connectivity index (χ0v) is 13.1. The molecule has 2 amide bonds. The summed E-state index contributed by atoms with van der Waals surface area (Å²) in [5.74, 6) is -1.37. The van der Waals surface area contributed by atoms with Gasteiger partial charge in [0, 0.05) is 24.9 Å². The topological polar surface area (TPSA) is 95.5 Å². The van der Waals surface area contributed by atoms with Crippen molar-refractivity contribution >= 4 is 40.8 Å². The molecule has 0 aromatic heterocycles. The molecule has 0 aliphatic rings. The smallest absolute Gasteiger partial charge is 0.303 e. The maximum Gasteiger partial charge on any atom is 0.303 e. The molecule has 0 fully saturated rings. The van der Waals surface area contributed by atoms with Gasteiger partial charge in [0.15, 0.2) is 0 Å². The van der Waals surface area contributed by atoms with E-state index in [2.05, 4.69) is 10.6 Å². The van der Waals surface area contributed by atoms with Crippen molar-refractivity contribution in [2.24, 2.45) is 0 Å². The predicted molar refractivity (Wildman–Crippen MR) is 85.1 cm³/mol. The van der Waals surface area contributed by atoms with Crippen LogP contribution in [0.2, 0.25) is 5.02 Å². The van der Waals surface area contributed by atoms with Gasteiger partial charge in [0.25, 0.3) is 0 Å². The Morgan fingerprint density at radius 2 is 1.77 bits per heavy atom. The summed E-state index contributed by atoms with van der Waals surface area (Å²) in [4.78, 5) is 33.7. The number of anilines is 2. The predicted octanol–water partition coefficient (Wildman–Crippen LogP) is 3.27. The number of hydrogen-bond donors (Lipinski definition) is 3. The monoisotopic (exact) mass is 326 g/mol. The van der Waals surface area contributed by atoms with Gasteiger partial charge in [-0.3, -0.25) is 14.4 Å². The molecule has 0 aliphatic carbocycles. The van der Waals surface area contributed by atoms with Gasteiger partial charge in [-0.15, -0.1) is 0 Å². The number of carbonyl (C=O) groups excluding carboxylic acids is 2. The molecule has 22 heavy (non-hydrogen) atoms. The fourth-order valence-corrected chi connectivity index (χ4v) is 1.93. The average Bonchev–Trinajstić information content (AvgIpc) is 2.42. The largest absolute Gasteiger partial charge is 0.481 e. The molecule has 7 heteroatoms. The van der Waals surface area contributed by atoms with Gasteiger partial charge >= 0.3 is 5.97 Å². The van der Waals surface area contributed by atoms with Gasteiger partial charge in [-0.2, -0.15) is 0 Å². The first-order valence-corrected chi connectivity index (χ1v) is 7.41. The highest BCUT2D eigenvalue weighted by molar-refractivity contribution is 6.33. The molecule has 0 spiro atoms. The summed E-state index contributed by atoms with van der Waals surface area (Å²) in [7, 11) is 0. The number of carboxylic acid groups (broad SMARTS) is 1. The molecule has 1 aromatic rings. The van der Waals surface area contributed by atoms with Crippen molar-refractivity contribution in [3.63, 3.8) is 0 Å². The lowest BCUT2D eigenvalue weighted by Gasteiger charge is -2.10. The standard InChI is InChI=1S/C15H19ClN2O4/c1-2-4-13(19)17-10-7-8-11(16)12(9-10)18-14(20)5-3-6-15(21)22/h7-9H,2-6H2,1H3,(H,17,19)(H,18,20)(H,21,22). The van der Waals surface area contributed by atoms with E-state index in [1.165, 1.54) is 0 Å². The summed E-state index contributed by atoms with van der Waals surface area (Å²) >= 11 is 6.00. The summed E-state index contributed by atoms with van der Waals surface area (Å²) in [6.07, 6.45) is 1.45. The zero-order chi connectivity index (χ0) is 16.5. The lowest BCUT2D eigenvalue weighted by molar-refractivity contribution is -0.137. The second-order valence-corrected chi connectivity index (χ2v) is 5.20. The normalized spacial score (nSPS) is 10.1. The maximum atomic E-state index is 11.7. The highest BCUT2D eigenvalue weighted by Crippen LogP contribution is 2.26. The number of halogens is 1. The second-order valence-electron chi connectivity index (χ2n) is 4.79. The number of hydrogen-bond acceptors (Lipinski definition) is 3. The fraction of sp³-hybridized carbons (Fsp3) is 0.400. The Morgan fingerprint density at radius 3 is 2.41 bits per heavy atom. The van der Waals surface area contributed by atoms with E-state index in [-0.39, 0.29) is 31.1 Å². The van der Waals surface area contributed by atoms with Crippen molar-refractivity contribution in [1.82, 2.24) is 0 Å². The molecule has 0 aliphatic heterocycles. The van der Waals surface area contributed by atoms with Crippen LogP contribution in [0.25, 0.3) is 0 Å². The molecule has 0 saturated carbocycles. The number of aliphatic carboxylic acids is 1. The second kappa shape index (κ2) is 9.04. The molecule has 6 nitrogen and oxygen atoms in total. The Balaban J connectivity index is 2.63. The lowest BCUT2D eigenvalue weighted by Crippen LogP contribution is -2.14. The summed E-state index contributed by atoms with van der Waals surface area (Å²) in [5, 5.41) is 14.2. The minimum atomic E-state index is -0.938. The first-order valence-electron chi connectivity index (χ1n) is 7.03. The van der Waals surface area contributed by atoms with Gasteiger partial charge in [-0.25, -0.2) is 0 Å². The van der Waals surface area contributed by atoms with E-state index in [9.17, 15) is 14.4 Å². The van der Waals surface area contributed by atoms with Crippen LogP contribution in [-0.2, 0) is 14.4 Å². The van der Waals surface area contributed by atoms with Crippen LogP contribution in [0.5, 0.6) is 0 Å². The maximum absolute atomic E-state index is 11.7. The van der Waals surface area contributed by atoms with Crippen LogP contribution in [0.3, 0.4) is 0 Å². The van der Waals surface area contributed by atoms with Gasteiger partial charge in [0.1, 0.15) is 0 Å². The highest BCUT2D eigenvalue weighted by Gasteiger charge is 2.09. The number of carboxylic acids is 1. The Labute approximate surface area is 133 Å². The first kappa shape index (κ1) is 18.0. The molecule has 120 valence electrons. The molecule has 0 unspecified atom stereocenters. The van der Waals surface area contributed by atoms with Gasteiger partial charge in [-0.1, -0.05) is 18.5 Å². The van der Waals surface area contributed by atoms with Gasteiger partial charge < -0.3 is 15.7 Å². The minimum Gasteiger partial charge on any atom is -0.481 e. The number of nitrogens with one attached hydrogen (secondary N) is 2. The Hall–Kier alpha value is -2.08. The zero-order valence-electron chi connectivity index (χ0n) is 12.3. The molecular formula is C15H19ClN2O4. The molecule has 3 N–H and O–H groups in total. The molecule has 1 aromatic carbocycles.